The van der Waals surface area contributed by atoms with Gasteiger partial charge in [0.1, 0.15) is 5.82 Å². The number of aromatic nitrogens is 4. The van der Waals surface area contributed by atoms with E-state index in [4.69, 9.17) is 14.9 Å². The Morgan fingerprint density at radius 3 is 2.69 bits per heavy atom. The Morgan fingerprint density at radius 2 is 1.94 bits per heavy atom. The normalized spacial score (nSPS) is 12.0. The van der Waals surface area contributed by atoms with Gasteiger partial charge in [0, 0.05) is 13.1 Å². The van der Waals surface area contributed by atoms with Crippen molar-refractivity contribution in [2.24, 2.45) is 10.7 Å². The number of nitrogens with two attached hydrogens (primary N) is 1. The monoisotopic (exact) mass is 580 g/mol. The fourth-order valence-electron chi connectivity index (χ4n) is 3.02. The Kier molecular flexibility index (Phi) is 7.44. The number of hydrogen-bond donors (Lipinski definition) is 3. The zero-order chi connectivity index (χ0) is 25.7. The summed E-state index contributed by atoms with van der Waals surface area (Å²) in [6.45, 7) is 0.503. The van der Waals surface area contributed by atoms with Crippen LogP contribution in [0.25, 0.3) is 17.2 Å². The van der Waals surface area contributed by atoms with Crippen molar-refractivity contribution < 1.29 is 22.0 Å². The molecule has 36 heavy (non-hydrogen) atoms. The summed E-state index contributed by atoms with van der Waals surface area (Å²) in [6.07, 6.45) is 0.427. The molecule has 0 bridgehead atoms. The molecule has 0 saturated carbocycles. The fourth-order valence-corrected chi connectivity index (χ4v) is 4.36. The van der Waals surface area contributed by atoms with Gasteiger partial charge in [-0.3, -0.25) is 9.52 Å². The smallest absolute Gasteiger partial charge is 0.369 e. The topological polar surface area (TPSA) is 184 Å². The van der Waals surface area contributed by atoms with Crippen LogP contribution >= 0.6 is 15.9 Å². The molecule has 0 aliphatic rings. The van der Waals surface area contributed by atoms with Gasteiger partial charge in [-0.2, -0.15) is 0 Å². The highest BCUT2D eigenvalue weighted by atomic mass is 79.9. The molecule has 0 fully saturated rings. The predicted octanol–water partition coefficient (Wildman–Crippen LogP) is 1.87. The van der Waals surface area contributed by atoms with E-state index in [-0.39, 0.29) is 44.9 Å². The third-order valence-electron chi connectivity index (χ3n) is 4.67. The van der Waals surface area contributed by atoms with Crippen LogP contribution in [0, 0.1) is 5.82 Å². The lowest BCUT2D eigenvalue weighted by Gasteiger charge is -2.07. The van der Waals surface area contributed by atoms with Gasteiger partial charge in [0.15, 0.2) is 5.69 Å². The van der Waals surface area contributed by atoms with Crippen LogP contribution in [0.2, 0.25) is 0 Å². The second-order valence-corrected chi connectivity index (χ2v) is 9.67. The van der Waals surface area contributed by atoms with E-state index in [1.807, 2.05) is 0 Å². The molecule has 2 heterocycles. The number of hydrogen-bond acceptors (Lipinski definition) is 10. The number of anilines is 1. The first-order chi connectivity index (χ1) is 17.3. The third kappa shape index (κ3) is 5.60. The largest absolute Gasteiger partial charge is 0.446 e. The summed E-state index contributed by atoms with van der Waals surface area (Å²) in [7, 11) is -3.82. The number of guanidine groups is 1. The van der Waals surface area contributed by atoms with Crippen LogP contribution in [-0.2, 0) is 10.0 Å². The van der Waals surface area contributed by atoms with E-state index in [9.17, 15) is 17.6 Å². The number of nitrogens with zero attached hydrogens (tertiary/aromatic N) is 5. The summed E-state index contributed by atoms with van der Waals surface area (Å²) in [5.41, 5.74) is 6.05. The van der Waals surface area contributed by atoms with E-state index in [0.717, 1.165) is 4.57 Å². The fraction of sp³-hybridized carbons (Fsp3) is 0.150. The van der Waals surface area contributed by atoms with Crippen LogP contribution in [0.15, 0.2) is 76.8 Å². The summed E-state index contributed by atoms with van der Waals surface area (Å²) in [5.74, 6) is -1.42. The van der Waals surface area contributed by atoms with E-state index in [2.05, 4.69) is 46.4 Å². The van der Waals surface area contributed by atoms with Crippen LogP contribution in [-0.4, -0.2) is 47.5 Å². The van der Waals surface area contributed by atoms with Crippen molar-refractivity contribution in [1.29, 1.82) is 0 Å². The molecule has 4 rings (SSSR count). The lowest BCUT2D eigenvalue weighted by atomic mass is 10.3. The van der Waals surface area contributed by atoms with Crippen LogP contribution in [0.3, 0.4) is 0 Å². The average Bonchev–Trinajstić information content (AvgIpc) is 3.47. The first kappa shape index (κ1) is 25.1. The van der Waals surface area contributed by atoms with Gasteiger partial charge < -0.3 is 11.1 Å². The summed E-state index contributed by atoms with van der Waals surface area (Å²) in [5, 5.41) is 14.2. The number of halogens is 2. The number of benzene rings is 2. The first-order valence-electron chi connectivity index (χ1n) is 10.2. The molecule has 0 aliphatic heterocycles. The van der Waals surface area contributed by atoms with Gasteiger partial charge in [0.25, 0.3) is 10.0 Å². The quantitative estimate of drug-likeness (QED) is 0.150. The molecule has 0 spiro atoms. The summed E-state index contributed by atoms with van der Waals surface area (Å²) < 4.78 is 51.1. The van der Waals surface area contributed by atoms with Gasteiger partial charge in [-0.25, -0.2) is 31.5 Å². The standard InChI is InChI=1S/C20H18BrFN8O5S/c21-14-11-12(7-8-15(14)22)30-18(28-34-20(30)31)16-17(27-35-26-16)24-9-4-10-25-19(23)29-36(32,33)13-5-2-1-3-6-13/h1-3,5-8,11H,4,9-10H2,(H,24,27)(H3,23,25,29). The van der Waals surface area contributed by atoms with Gasteiger partial charge in [0.05, 0.1) is 15.1 Å². The molecule has 2 aromatic heterocycles. The van der Waals surface area contributed by atoms with E-state index < -0.39 is 21.6 Å². The zero-order valence-electron chi connectivity index (χ0n) is 18.3. The molecule has 0 saturated heterocycles. The van der Waals surface area contributed by atoms with E-state index in [0.29, 0.717) is 13.0 Å². The van der Waals surface area contributed by atoms with Crippen molar-refractivity contribution in [3.05, 3.63) is 69.4 Å². The second-order valence-electron chi connectivity index (χ2n) is 7.13. The van der Waals surface area contributed by atoms with Crippen LogP contribution in [0.5, 0.6) is 0 Å². The zero-order valence-corrected chi connectivity index (χ0v) is 20.7. The van der Waals surface area contributed by atoms with E-state index in [1.165, 1.54) is 30.3 Å². The van der Waals surface area contributed by atoms with Gasteiger partial charge in [-0.15, -0.1) is 0 Å². The van der Waals surface area contributed by atoms with Crippen molar-refractivity contribution >= 4 is 37.7 Å². The Labute approximate surface area is 211 Å². The SMILES string of the molecule is NC(=NCCCNc1nonc1-c1noc(=O)n1-c1ccc(F)c(Br)c1)NS(=O)(=O)c1ccccc1. The van der Waals surface area contributed by atoms with Gasteiger partial charge in [0.2, 0.25) is 17.6 Å². The minimum atomic E-state index is -3.82. The lowest BCUT2D eigenvalue weighted by Crippen LogP contribution is -2.36. The van der Waals surface area contributed by atoms with E-state index >= 15 is 0 Å². The Hall–Kier alpha value is -4.05. The number of sulfonamides is 1. The van der Waals surface area contributed by atoms with Crippen LogP contribution in [0.4, 0.5) is 10.2 Å². The molecule has 188 valence electrons. The van der Waals surface area contributed by atoms with Crippen molar-refractivity contribution in [3.63, 3.8) is 0 Å². The van der Waals surface area contributed by atoms with Gasteiger partial charge in [-0.1, -0.05) is 23.4 Å². The average molecular weight is 581 g/mol. The minimum Gasteiger partial charge on any atom is -0.369 e. The van der Waals surface area contributed by atoms with Gasteiger partial charge in [-0.05, 0) is 63.0 Å². The second kappa shape index (κ2) is 10.7. The number of nitrogens with one attached hydrogen (secondary N) is 2. The van der Waals surface area contributed by atoms with Crippen molar-refractivity contribution in [1.82, 2.24) is 24.8 Å². The molecule has 4 aromatic rings. The molecular formula is C20H18BrFN8O5S. The minimum absolute atomic E-state index is 0.0140. The Balaban J connectivity index is 1.39. The van der Waals surface area contributed by atoms with E-state index in [1.54, 1.807) is 18.2 Å². The molecule has 16 heteroatoms. The summed E-state index contributed by atoms with van der Waals surface area (Å²) in [4.78, 5) is 16.3. The maximum absolute atomic E-state index is 13.6. The summed E-state index contributed by atoms with van der Waals surface area (Å²) >= 11 is 3.07. The highest BCUT2D eigenvalue weighted by molar-refractivity contribution is 9.10. The van der Waals surface area contributed by atoms with Crippen molar-refractivity contribution in [2.75, 3.05) is 18.4 Å². The third-order valence-corrected chi connectivity index (χ3v) is 6.65. The molecule has 4 N–H and O–H groups in total. The lowest BCUT2D eigenvalue weighted by molar-refractivity contribution is 0.309. The highest BCUT2D eigenvalue weighted by Gasteiger charge is 2.23. The number of aliphatic imine (C=N–C) groups is 1. The highest BCUT2D eigenvalue weighted by Crippen LogP contribution is 2.26. The number of rotatable bonds is 9. The van der Waals surface area contributed by atoms with Crippen LogP contribution in [0.1, 0.15) is 6.42 Å². The predicted molar refractivity (Wildman–Crippen MR) is 129 cm³/mol. The first-order valence-corrected chi connectivity index (χ1v) is 12.5. The Bertz CT molecular complexity index is 1550. The maximum atomic E-state index is 13.6. The van der Waals surface area contributed by atoms with Crippen molar-refractivity contribution in [2.45, 2.75) is 11.3 Å². The van der Waals surface area contributed by atoms with Gasteiger partial charge >= 0.3 is 5.76 Å². The maximum Gasteiger partial charge on any atom is 0.446 e. The molecule has 0 atom stereocenters. The molecule has 0 unspecified atom stereocenters. The Morgan fingerprint density at radius 1 is 1.17 bits per heavy atom. The van der Waals surface area contributed by atoms with Crippen LogP contribution < -0.4 is 21.5 Å². The molecule has 0 radical (unpaired) electrons. The van der Waals surface area contributed by atoms with Crippen molar-refractivity contribution in [3.8, 4) is 17.2 Å². The molecule has 13 nitrogen and oxygen atoms in total. The molecule has 0 aliphatic carbocycles. The molecular weight excluding hydrogens is 563 g/mol. The molecule has 0 amide bonds. The molecule has 2 aromatic carbocycles. The summed E-state index contributed by atoms with van der Waals surface area (Å²) in [6, 6.07) is 11.7.